The highest BCUT2D eigenvalue weighted by Gasteiger charge is 2.34. The van der Waals surface area contributed by atoms with Gasteiger partial charge in [0.1, 0.15) is 12.2 Å². The van der Waals surface area contributed by atoms with E-state index in [0.717, 1.165) is 18.7 Å². The average Bonchev–Trinajstić information content (AvgIpc) is 3.39. The summed E-state index contributed by atoms with van der Waals surface area (Å²) in [6.45, 7) is 3.44. The van der Waals surface area contributed by atoms with E-state index in [2.05, 4.69) is 12.1 Å². The molecule has 3 aliphatic rings. The first-order valence-electron chi connectivity index (χ1n) is 7.06. The molecule has 0 saturated carbocycles. The van der Waals surface area contributed by atoms with Crippen molar-refractivity contribution in [1.29, 1.82) is 0 Å². The predicted molar refractivity (Wildman–Crippen MR) is 71.9 cm³/mol. The van der Waals surface area contributed by atoms with Gasteiger partial charge >= 0.3 is 7.12 Å². The number of benzene rings is 1. The maximum Gasteiger partial charge on any atom is 0.494 e. The first-order chi connectivity index (χ1) is 9.88. The Morgan fingerprint density at radius 1 is 1.00 bits per heavy atom. The molecule has 0 amide bonds. The zero-order valence-corrected chi connectivity index (χ0v) is 11.2. The molecule has 0 bridgehead atoms. The van der Waals surface area contributed by atoms with Crippen molar-refractivity contribution in [3.05, 3.63) is 29.8 Å². The maximum absolute atomic E-state index is 5.85. The van der Waals surface area contributed by atoms with Crippen molar-refractivity contribution in [2.45, 2.75) is 18.3 Å². The van der Waals surface area contributed by atoms with E-state index in [4.69, 9.17) is 23.5 Å². The van der Waals surface area contributed by atoms with Crippen molar-refractivity contribution < 1.29 is 23.5 Å². The predicted octanol–water partition coefficient (Wildman–Crippen LogP) is 0.284. The van der Waals surface area contributed by atoms with Gasteiger partial charge in [-0.25, -0.2) is 0 Å². The maximum atomic E-state index is 5.85. The van der Waals surface area contributed by atoms with Gasteiger partial charge in [0.15, 0.2) is 0 Å². The summed E-state index contributed by atoms with van der Waals surface area (Å²) in [7, 11) is -0.282. The molecule has 1 aromatic rings. The van der Waals surface area contributed by atoms with Crippen LogP contribution in [0.2, 0.25) is 0 Å². The van der Waals surface area contributed by atoms with Gasteiger partial charge < -0.3 is 23.5 Å². The Labute approximate surface area is 118 Å². The SMILES string of the molecule is c1cc(C2CO2)ccc1B1OCC(COCC2CO2)O1. The molecule has 0 radical (unpaired) electrons. The fraction of sp³-hybridized carbons (Fsp3) is 0.571. The summed E-state index contributed by atoms with van der Waals surface area (Å²) in [5.41, 5.74) is 2.26. The molecule has 3 saturated heterocycles. The number of hydrogen-bond acceptors (Lipinski definition) is 5. The van der Waals surface area contributed by atoms with Crippen molar-refractivity contribution >= 4 is 12.6 Å². The second-order valence-corrected chi connectivity index (χ2v) is 5.40. The molecule has 3 unspecified atom stereocenters. The molecule has 20 heavy (non-hydrogen) atoms. The molecule has 3 aliphatic heterocycles. The molecule has 0 aliphatic carbocycles. The van der Waals surface area contributed by atoms with Gasteiger partial charge in [-0.2, -0.15) is 0 Å². The molecule has 1 aromatic carbocycles. The third-order valence-electron chi connectivity index (χ3n) is 3.67. The second-order valence-electron chi connectivity index (χ2n) is 5.40. The second kappa shape index (κ2) is 5.46. The smallest absolute Gasteiger partial charge is 0.405 e. The van der Waals surface area contributed by atoms with Crippen LogP contribution in [0, 0.1) is 0 Å². The van der Waals surface area contributed by atoms with Gasteiger partial charge in [0.25, 0.3) is 0 Å². The van der Waals surface area contributed by atoms with Crippen LogP contribution in [0.25, 0.3) is 0 Å². The summed E-state index contributed by atoms with van der Waals surface area (Å²) < 4.78 is 27.4. The van der Waals surface area contributed by atoms with Gasteiger partial charge in [0.05, 0.1) is 39.1 Å². The van der Waals surface area contributed by atoms with Gasteiger partial charge in [0.2, 0.25) is 0 Å². The monoisotopic (exact) mass is 276 g/mol. The van der Waals surface area contributed by atoms with E-state index >= 15 is 0 Å². The van der Waals surface area contributed by atoms with E-state index in [-0.39, 0.29) is 13.2 Å². The van der Waals surface area contributed by atoms with E-state index in [0.29, 0.717) is 32.0 Å². The molecule has 0 N–H and O–H groups in total. The van der Waals surface area contributed by atoms with E-state index in [9.17, 15) is 0 Å². The van der Waals surface area contributed by atoms with Crippen LogP contribution in [0.5, 0.6) is 0 Å². The summed E-state index contributed by atoms with van der Waals surface area (Å²) in [5, 5.41) is 0. The molecule has 4 rings (SSSR count). The molecule has 3 fully saturated rings. The van der Waals surface area contributed by atoms with Crippen molar-refractivity contribution in [2.75, 3.05) is 33.0 Å². The zero-order valence-electron chi connectivity index (χ0n) is 11.2. The van der Waals surface area contributed by atoms with Crippen LogP contribution < -0.4 is 5.46 Å². The van der Waals surface area contributed by atoms with Crippen LogP contribution in [-0.2, 0) is 23.5 Å². The molecular weight excluding hydrogens is 259 g/mol. The normalized spacial score (nSPS) is 31.6. The fourth-order valence-corrected chi connectivity index (χ4v) is 2.31. The molecular formula is C14H17BO5. The Kier molecular flexibility index (Phi) is 3.50. The summed E-state index contributed by atoms with van der Waals surface area (Å²) in [6, 6.07) is 8.24. The van der Waals surface area contributed by atoms with Crippen LogP contribution >= 0.6 is 0 Å². The lowest BCUT2D eigenvalue weighted by Gasteiger charge is -2.10. The zero-order chi connectivity index (χ0) is 13.4. The van der Waals surface area contributed by atoms with E-state index in [1.54, 1.807) is 0 Å². The Morgan fingerprint density at radius 3 is 2.45 bits per heavy atom. The van der Waals surface area contributed by atoms with Crippen LogP contribution in [0.4, 0.5) is 0 Å². The molecule has 3 atom stereocenters. The van der Waals surface area contributed by atoms with Crippen LogP contribution in [0.1, 0.15) is 11.7 Å². The topological polar surface area (TPSA) is 52.8 Å². The lowest BCUT2D eigenvalue weighted by Crippen LogP contribution is -2.33. The average molecular weight is 276 g/mol. The number of epoxide rings is 2. The van der Waals surface area contributed by atoms with Crippen LogP contribution in [0.15, 0.2) is 24.3 Å². The number of rotatable bonds is 6. The Balaban J connectivity index is 1.28. The number of ether oxygens (including phenoxy) is 3. The number of hydrogen-bond donors (Lipinski definition) is 0. The minimum atomic E-state index is -0.282. The van der Waals surface area contributed by atoms with Crippen molar-refractivity contribution in [3.63, 3.8) is 0 Å². The van der Waals surface area contributed by atoms with E-state index in [1.807, 2.05) is 12.1 Å². The minimum Gasteiger partial charge on any atom is -0.405 e. The summed E-state index contributed by atoms with van der Waals surface area (Å²) >= 11 is 0. The lowest BCUT2D eigenvalue weighted by molar-refractivity contribution is 0.0512. The summed E-state index contributed by atoms with van der Waals surface area (Å²) in [4.78, 5) is 0. The molecule has 3 heterocycles. The Morgan fingerprint density at radius 2 is 1.75 bits per heavy atom. The fourth-order valence-electron chi connectivity index (χ4n) is 2.31. The molecule has 0 aromatic heterocycles. The van der Waals surface area contributed by atoms with Crippen molar-refractivity contribution in [3.8, 4) is 0 Å². The first kappa shape index (κ1) is 12.8. The summed E-state index contributed by atoms with van der Waals surface area (Å²) in [5.74, 6) is 0. The van der Waals surface area contributed by atoms with Gasteiger partial charge in [0, 0.05) is 0 Å². The highest BCUT2D eigenvalue weighted by Crippen LogP contribution is 2.28. The Bertz CT molecular complexity index is 457. The van der Waals surface area contributed by atoms with Gasteiger partial charge in [-0.3, -0.25) is 0 Å². The quantitative estimate of drug-likeness (QED) is 0.552. The van der Waals surface area contributed by atoms with Crippen molar-refractivity contribution in [1.82, 2.24) is 0 Å². The minimum absolute atomic E-state index is 0.00481. The van der Waals surface area contributed by atoms with Crippen LogP contribution in [0.3, 0.4) is 0 Å². The highest BCUT2D eigenvalue weighted by atomic mass is 16.7. The largest absolute Gasteiger partial charge is 0.494 e. The molecule has 5 nitrogen and oxygen atoms in total. The highest BCUT2D eigenvalue weighted by molar-refractivity contribution is 6.61. The van der Waals surface area contributed by atoms with Crippen molar-refractivity contribution in [2.24, 2.45) is 0 Å². The first-order valence-corrected chi connectivity index (χ1v) is 7.06. The van der Waals surface area contributed by atoms with E-state index < -0.39 is 0 Å². The molecule has 6 heteroatoms. The van der Waals surface area contributed by atoms with E-state index in [1.165, 1.54) is 5.56 Å². The lowest BCUT2D eigenvalue weighted by atomic mass is 9.79. The summed E-state index contributed by atoms with van der Waals surface area (Å²) in [6.07, 6.45) is 0.593. The molecule has 0 spiro atoms. The van der Waals surface area contributed by atoms with Gasteiger partial charge in [-0.05, 0) is 11.0 Å². The molecule has 106 valence electrons. The third-order valence-corrected chi connectivity index (χ3v) is 3.67. The third kappa shape index (κ3) is 3.05. The van der Waals surface area contributed by atoms with Crippen LogP contribution in [-0.4, -0.2) is 52.4 Å². The van der Waals surface area contributed by atoms with Gasteiger partial charge in [-0.1, -0.05) is 24.3 Å². The van der Waals surface area contributed by atoms with Gasteiger partial charge in [-0.15, -0.1) is 0 Å². The Hall–Kier alpha value is -0.915. The standard InChI is InChI=1S/C14H17BO5/c1-3-11(4-2-10(1)14-9-18-14)15-19-8-13(20-15)6-16-5-12-7-17-12/h1-4,12-14H,5-9H2.